The van der Waals surface area contributed by atoms with Crippen molar-refractivity contribution in [1.82, 2.24) is 5.32 Å². The van der Waals surface area contributed by atoms with Crippen molar-refractivity contribution in [3.05, 3.63) is 0 Å². The molecule has 0 aliphatic carbocycles. The summed E-state index contributed by atoms with van der Waals surface area (Å²) in [5.74, 6) is 2.26. The molecule has 0 rings (SSSR count). The van der Waals surface area contributed by atoms with Gasteiger partial charge >= 0.3 is 0 Å². The van der Waals surface area contributed by atoms with Crippen LogP contribution in [0.2, 0.25) is 0 Å². The summed E-state index contributed by atoms with van der Waals surface area (Å²) in [7, 11) is 0. The minimum atomic E-state index is 0.315. The van der Waals surface area contributed by atoms with Gasteiger partial charge in [0.25, 0.3) is 0 Å². The molecule has 14 heavy (non-hydrogen) atoms. The molecule has 1 unspecified atom stereocenters. The highest BCUT2D eigenvalue weighted by atomic mass is 14.9. The maximum absolute atomic E-state index is 5.85. The molecule has 0 fully saturated rings. The third-order valence-corrected chi connectivity index (χ3v) is 3.02. The smallest absolute Gasteiger partial charge is 0.0162 e. The van der Waals surface area contributed by atoms with Gasteiger partial charge in [0.1, 0.15) is 0 Å². The van der Waals surface area contributed by atoms with E-state index in [0.29, 0.717) is 6.04 Å². The fraction of sp³-hybridized carbons (Fsp3) is 1.00. The second-order valence-electron chi connectivity index (χ2n) is 4.98. The molecule has 0 aromatic heterocycles. The van der Waals surface area contributed by atoms with Crippen molar-refractivity contribution < 1.29 is 0 Å². The van der Waals surface area contributed by atoms with E-state index in [1.807, 2.05) is 0 Å². The SMILES string of the molecule is CCC(N)CNCC(C(C)C)C(C)C. The summed E-state index contributed by atoms with van der Waals surface area (Å²) in [6.07, 6.45) is 1.06. The number of nitrogens with one attached hydrogen (secondary N) is 1. The van der Waals surface area contributed by atoms with Crippen molar-refractivity contribution in [2.24, 2.45) is 23.5 Å². The van der Waals surface area contributed by atoms with Crippen LogP contribution in [0.1, 0.15) is 41.0 Å². The van der Waals surface area contributed by atoms with Crippen molar-refractivity contribution >= 4 is 0 Å². The van der Waals surface area contributed by atoms with Crippen LogP contribution in [0.15, 0.2) is 0 Å². The third-order valence-electron chi connectivity index (χ3n) is 3.02. The fourth-order valence-corrected chi connectivity index (χ4v) is 1.82. The highest BCUT2D eigenvalue weighted by molar-refractivity contribution is 4.71. The van der Waals surface area contributed by atoms with Gasteiger partial charge in [0.15, 0.2) is 0 Å². The van der Waals surface area contributed by atoms with Gasteiger partial charge in [0, 0.05) is 12.6 Å². The zero-order valence-corrected chi connectivity index (χ0v) is 10.5. The van der Waals surface area contributed by atoms with E-state index in [0.717, 1.165) is 37.3 Å². The van der Waals surface area contributed by atoms with Gasteiger partial charge < -0.3 is 11.1 Å². The Hall–Kier alpha value is -0.0800. The molecule has 0 aromatic rings. The van der Waals surface area contributed by atoms with Crippen molar-refractivity contribution in [3.63, 3.8) is 0 Å². The Morgan fingerprint density at radius 3 is 1.86 bits per heavy atom. The zero-order valence-electron chi connectivity index (χ0n) is 10.5. The summed E-state index contributed by atoms with van der Waals surface area (Å²) in [4.78, 5) is 0. The molecule has 1 atom stereocenters. The third kappa shape index (κ3) is 5.61. The summed E-state index contributed by atoms with van der Waals surface area (Å²) in [5, 5.41) is 3.47. The molecule has 0 saturated heterocycles. The van der Waals surface area contributed by atoms with E-state index in [2.05, 4.69) is 39.9 Å². The van der Waals surface area contributed by atoms with Crippen molar-refractivity contribution in [2.75, 3.05) is 13.1 Å². The monoisotopic (exact) mass is 200 g/mol. The first-order valence-corrected chi connectivity index (χ1v) is 5.95. The standard InChI is InChI=1S/C12H28N2/c1-6-11(13)7-14-8-12(9(2)3)10(4)5/h9-12,14H,6-8,13H2,1-5H3. The van der Waals surface area contributed by atoms with Crippen LogP contribution < -0.4 is 11.1 Å². The second-order valence-corrected chi connectivity index (χ2v) is 4.98. The predicted octanol–water partition coefficient (Wildman–Crippen LogP) is 2.24. The molecule has 0 heterocycles. The molecule has 86 valence electrons. The van der Waals surface area contributed by atoms with Crippen molar-refractivity contribution in [2.45, 2.75) is 47.1 Å². The van der Waals surface area contributed by atoms with Gasteiger partial charge in [-0.25, -0.2) is 0 Å². The number of hydrogen-bond donors (Lipinski definition) is 2. The molecule has 0 aromatic carbocycles. The predicted molar refractivity (Wildman–Crippen MR) is 64.3 cm³/mol. The van der Waals surface area contributed by atoms with Gasteiger partial charge in [-0.2, -0.15) is 0 Å². The lowest BCUT2D eigenvalue weighted by Crippen LogP contribution is -2.38. The average molecular weight is 200 g/mol. The lowest BCUT2D eigenvalue weighted by Gasteiger charge is -2.25. The lowest BCUT2D eigenvalue weighted by molar-refractivity contribution is 0.274. The van der Waals surface area contributed by atoms with E-state index >= 15 is 0 Å². The zero-order chi connectivity index (χ0) is 11.1. The average Bonchev–Trinajstić information content (AvgIpc) is 2.10. The first-order chi connectivity index (χ1) is 6.49. The summed E-state index contributed by atoms with van der Waals surface area (Å²) in [6.45, 7) is 13.4. The van der Waals surface area contributed by atoms with Gasteiger partial charge in [-0.3, -0.25) is 0 Å². The Morgan fingerprint density at radius 1 is 1.00 bits per heavy atom. The topological polar surface area (TPSA) is 38.0 Å². The van der Waals surface area contributed by atoms with Crippen LogP contribution in [0, 0.1) is 17.8 Å². The van der Waals surface area contributed by atoms with Gasteiger partial charge in [0.05, 0.1) is 0 Å². The summed E-state index contributed by atoms with van der Waals surface area (Å²) in [5.41, 5.74) is 5.85. The van der Waals surface area contributed by atoms with Crippen LogP contribution in [0.25, 0.3) is 0 Å². The summed E-state index contributed by atoms with van der Waals surface area (Å²) in [6, 6.07) is 0.315. The molecule has 3 N–H and O–H groups in total. The van der Waals surface area contributed by atoms with Crippen molar-refractivity contribution in [1.29, 1.82) is 0 Å². The first-order valence-electron chi connectivity index (χ1n) is 5.95. The molecule has 0 saturated carbocycles. The van der Waals surface area contributed by atoms with E-state index in [-0.39, 0.29) is 0 Å². The number of hydrogen-bond acceptors (Lipinski definition) is 2. The summed E-state index contributed by atoms with van der Waals surface area (Å²) < 4.78 is 0. The molecule has 0 amide bonds. The maximum atomic E-state index is 5.85. The molecule has 0 aliphatic heterocycles. The van der Waals surface area contributed by atoms with Crippen LogP contribution in [-0.4, -0.2) is 19.1 Å². The fourth-order valence-electron chi connectivity index (χ4n) is 1.82. The molecule has 2 nitrogen and oxygen atoms in total. The van der Waals surface area contributed by atoms with E-state index in [1.54, 1.807) is 0 Å². The highest BCUT2D eigenvalue weighted by Gasteiger charge is 2.16. The Balaban J connectivity index is 3.72. The Kier molecular flexibility index (Phi) is 7.20. The molecule has 2 heteroatoms. The van der Waals surface area contributed by atoms with E-state index in [4.69, 9.17) is 5.73 Å². The van der Waals surface area contributed by atoms with E-state index in [1.165, 1.54) is 0 Å². The van der Waals surface area contributed by atoms with E-state index in [9.17, 15) is 0 Å². The van der Waals surface area contributed by atoms with Crippen molar-refractivity contribution in [3.8, 4) is 0 Å². The van der Waals surface area contributed by atoms with Crippen LogP contribution in [0.4, 0.5) is 0 Å². The molecular weight excluding hydrogens is 172 g/mol. The largest absolute Gasteiger partial charge is 0.327 e. The molecular formula is C12H28N2. The van der Waals surface area contributed by atoms with Crippen LogP contribution in [0.3, 0.4) is 0 Å². The molecule has 0 aliphatic rings. The normalized spacial score (nSPS) is 14.4. The maximum Gasteiger partial charge on any atom is 0.0162 e. The molecule has 0 bridgehead atoms. The van der Waals surface area contributed by atoms with Crippen LogP contribution in [-0.2, 0) is 0 Å². The van der Waals surface area contributed by atoms with Crippen LogP contribution in [0.5, 0.6) is 0 Å². The minimum Gasteiger partial charge on any atom is -0.327 e. The van der Waals surface area contributed by atoms with Gasteiger partial charge in [0.2, 0.25) is 0 Å². The van der Waals surface area contributed by atoms with Gasteiger partial charge in [-0.05, 0) is 30.7 Å². The quantitative estimate of drug-likeness (QED) is 0.661. The lowest BCUT2D eigenvalue weighted by atomic mass is 9.85. The Labute approximate surface area is 89.6 Å². The Bertz CT molecular complexity index is 124. The minimum absolute atomic E-state index is 0.315. The van der Waals surface area contributed by atoms with Gasteiger partial charge in [-0.15, -0.1) is 0 Å². The van der Waals surface area contributed by atoms with Crippen LogP contribution >= 0.6 is 0 Å². The molecule has 0 radical (unpaired) electrons. The first kappa shape index (κ1) is 13.9. The van der Waals surface area contributed by atoms with Gasteiger partial charge in [-0.1, -0.05) is 34.6 Å². The number of rotatable bonds is 7. The highest BCUT2D eigenvalue weighted by Crippen LogP contribution is 2.19. The molecule has 0 spiro atoms. The second kappa shape index (κ2) is 7.24. The summed E-state index contributed by atoms with van der Waals surface area (Å²) >= 11 is 0. The van der Waals surface area contributed by atoms with E-state index < -0.39 is 0 Å². The number of nitrogens with two attached hydrogens (primary N) is 1. The Morgan fingerprint density at radius 2 is 1.50 bits per heavy atom.